The monoisotopic (exact) mass is 159 g/mol. The maximum absolute atomic E-state index is 8.89. The van der Waals surface area contributed by atoms with E-state index in [0.29, 0.717) is 12.5 Å². The number of aliphatic hydroxyl groups excluding tert-OH is 1. The molecule has 0 aliphatic rings. The molecule has 3 N–H and O–H groups in total. The van der Waals surface area contributed by atoms with Crippen LogP contribution in [0.25, 0.3) is 0 Å². The first-order valence-corrected chi connectivity index (χ1v) is 4.59. The van der Waals surface area contributed by atoms with Gasteiger partial charge in [-0.1, -0.05) is 26.7 Å². The Kier molecular flexibility index (Phi) is 6.57. The summed E-state index contributed by atoms with van der Waals surface area (Å²) in [6.45, 7) is 5.25. The van der Waals surface area contributed by atoms with E-state index in [1.807, 2.05) is 0 Å². The van der Waals surface area contributed by atoms with Gasteiger partial charge in [0.2, 0.25) is 0 Å². The largest absolute Gasteiger partial charge is 0.396 e. The van der Waals surface area contributed by atoms with Crippen LogP contribution in [0, 0.1) is 11.8 Å². The second-order valence-corrected chi connectivity index (χ2v) is 3.20. The molecule has 0 aliphatic carbocycles. The van der Waals surface area contributed by atoms with E-state index in [1.54, 1.807) is 0 Å². The molecule has 0 aromatic rings. The molecule has 1 unspecified atom stereocenters. The minimum atomic E-state index is 0.243. The summed E-state index contributed by atoms with van der Waals surface area (Å²) < 4.78 is 0. The van der Waals surface area contributed by atoms with Gasteiger partial charge in [0.25, 0.3) is 0 Å². The van der Waals surface area contributed by atoms with Crippen molar-refractivity contribution in [3.8, 4) is 0 Å². The van der Waals surface area contributed by atoms with E-state index in [4.69, 9.17) is 10.8 Å². The van der Waals surface area contributed by atoms with E-state index in [9.17, 15) is 0 Å². The topological polar surface area (TPSA) is 46.2 Å². The Labute approximate surface area is 69.8 Å². The van der Waals surface area contributed by atoms with Gasteiger partial charge in [0.15, 0.2) is 0 Å². The lowest BCUT2D eigenvalue weighted by Crippen LogP contribution is -2.21. The van der Waals surface area contributed by atoms with Crippen molar-refractivity contribution in [2.75, 3.05) is 13.2 Å². The lowest BCUT2D eigenvalue weighted by atomic mass is 9.91. The summed E-state index contributed by atoms with van der Waals surface area (Å²) in [7, 11) is 0. The summed E-state index contributed by atoms with van der Waals surface area (Å²) in [4.78, 5) is 0. The summed E-state index contributed by atoms with van der Waals surface area (Å²) in [6.07, 6.45) is 3.49. The minimum Gasteiger partial charge on any atom is -0.396 e. The predicted octanol–water partition coefficient (Wildman–Crippen LogP) is 1.38. The Bertz CT molecular complexity index is 67.6. The third-order valence-electron chi connectivity index (χ3n) is 2.41. The van der Waals surface area contributed by atoms with Crippen LogP contribution >= 0.6 is 0 Å². The molecule has 0 bridgehead atoms. The zero-order valence-electron chi connectivity index (χ0n) is 7.71. The van der Waals surface area contributed by atoms with E-state index in [1.165, 1.54) is 12.8 Å². The highest BCUT2D eigenvalue weighted by Crippen LogP contribution is 2.17. The van der Waals surface area contributed by atoms with Crippen LogP contribution in [-0.2, 0) is 0 Å². The van der Waals surface area contributed by atoms with Crippen molar-refractivity contribution in [2.45, 2.75) is 33.1 Å². The molecule has 0 spiro atoms. The van der Waals surface area contributed by atoms with Crippen LogP contribution in [0.2, 0.25) is 0 Å². The van der Waals surface area contributed by atoms with Crippen LogP contribution in [0.4, 0.5) is 0 Å². The molecule has 1 atom stereocenters. The van der Waals surface area contributed by atoms with Crippen LogP contribution in [0.15, 0.2) is 0 Å². The molecule has 0 radical (unpaired) electrons. The Morgan fingerprint density at radius 2 is 1.73 bits per heavy atom. The molecule has 0 heterocycles. The standard InChI is InChI=1S/C9H21NO/c1-3-8(4-2)5-9(6-10)7-11/h8-9,11H,3-7,10H2,1-2H3. The molecule has 0 saturated carbocycles. The van der Waals surface area contributed by atoms with Gasteiger partial charge in [-0.15, -0.1) is 0 Å². The van der Waals surface area contributed by atoms with Gasteiger partial charge in [0.1, 0.15) is 0 Å². The van der Waals surface area contributed by atoms with Gasteiger partial charge >= 0.3 is 0 Å². The SMILES string of the molecule is CCC(CC)CC(CN)CO. The molecule has 0 amide bonds. The summed E-state index contributed by atoms with van der Waals surface area (Å²) in [5.41, 5.74) is 5.48. The average molecular weight is 159 g/mol. The van der Waals surface area contributed by atoms with Crippen molar-refractivity contribution >= 4 is 0 Å². The zero-order chi connectivity index (χ0) is 8.69. The Morgan fingerprint density at radius 3 is 2.00 bits per heavy atom. The van der Waals surface area contributed by atoms with Crippen molar-refractivity contribution in [3.05, 3.63) is 0 Å². The van der Waals surface area contributed by atoms with Crippen molar-refractivity contribution in [1.82, 2.24) is 0 Å². The van der Waals surface area contributed by atoms with Gasteiger partial charge < -0.3 is 10.8 Å². The molecule has 0 aromatic heterocycles. The summed E-state index contributed by atoms with van der Waals surface area (Å²) >= 11 is 0. The first-order valence-electron chi connectivity index (χ1n) is 4.59. The second-order valence-electron chi connectivity index (χ2n) is 3.20. The summed E-state index contributed by atoms with van der Waals surface area (Å²) in [6, 6.07) is 0. The van der Waals surface area contributed by atoms with Crippen LogP contribution in [0.3, 0.4) is 0 Å². The van der Waals surface area contributed by atoms with Crippen molar-refractivity contribution in [3.63, 3.8) is 0 Å². The lowest BCUT2D eigenvalue weighted by Gasteiger charge is -2.17. The van der Waals surface area contributed by atoms with Gasteiger partial charge in [-0.3, -0.25) is 0 Å². The molecule has 2 nitrogen and oxygen atoms in total. The first kappa shape index (κ1) is 10.9. The van der Waals surface area contributed by atoms with Gasteiger partial charge in [0, 0.05) is 6.61 Å². The third kappa shape index (κ3) is 4.38. The van der Waals surface area contributed by atoms with Crippen LogP contribution < -0.4 is 5.73 Å². The summed E-state index contributed by atoms with van der Waals surface area (Å²) in [5, 5.41) is 8.89. The zero-order valence-corrected chi connectivity index (χ0v) is 7.71. The Balaban J connectivity index is 3.58. The van der Waals surface area contributed by atoms with E-state index in [-0.39, 0.29) is 6.61 Å². The maximum Gasteiger partial charge on any atom is 0.0471 e. The van der Waals surface area contributed by atoms with Crippen LogP contribution in [0.1, 0.15) is 33.1 Å². The van der Waals surface area contributed by atoms with Gasteiger partial charge in [0.05, 0.1) is 0 Å². The lowest BCUT2D eigenvalue weighted by molar-refractivity contribution is 0.201. The average Bonchev–Trinajstić information content (AvgIpc) is 2.07. The highest BCUT2D eigenvalue weighted by atomic mass is 16.3. The third-order valence-corrected chi connectivity index (χ3v) is 2.41. The molecule has 0 fully saturated rings. The molecule has 0 saturated heterocycles. The molecular formula is C9H21NO. The second kappa shape index (κ2) is 6.62. The number of hydrogen-bond acceptors (Lipinski definition) is 2. The molecule has 2 heteroatoms. The van der Waals surface area contributed by atoms with Crippen molar-refractivity contribution < 1.29 is 5.11 Å². The van der Waals surface area contributed by atoms with Gasteiger partial charge in [-0.25, -0.2) is 0 Å². The number of rotatable bonds is 6. The fourth-order valence-electron chi connectivity index (χ4n) is 1.34. The van der Waals surface area contributed by atoms with E-state index in [2.05, 4.69) is 13.8 Å². The molecule has 0 aromatic carbocycles. The smallest absolute Gasteiger partial charge is 0.0471 e. The van der Waals surface area contributed by atoms with Gasteiger partial charge in [-0.2, -0.15) is 0 Å². The molecule has 0 aliphatic heterocycles. The summed E-state index contributed by atoms with van der Waals surface area (Å²) in [5.74, 6) is 1.07. The highest BCUT2D eigenvalue weighted by molar-refractivity contribution is 4.64. The first-order chi connectivity index (χ1) is 5.28. The highest BCUT2D eigenvalue weighted by Gasteiger charge is 2.11. The number of nitrogens with two attached hydrogens (primary N) is 1. The number of hydrogen-bond donors (Lipinski definition) is 2. The van der Waals surface area contributed by atoms with Crippen LogP contribution in [-0.4, -0.2) is 18.3 Å². The van der Waals surface area contributed by atoms with E-state index in [0.717, 1.165) is 12.3 Å². The van der Waals surface area contributed by atoms with Crippen molar-refractivity contribution in [1.29, 1.82) is 0 Å². The maximum atomic E-state index is 8.89. The molecule has 0 rings (SSSR count). The minimum absolute atomic E-state index is 0.243. The van der Waals surface area contributed by atoms with Gasteiger partial charge in [-0.05, 0) is 24.8 Å². The molecule has 68 valence electrons. The molecular weight excluding hydrogens is 138 g/mol. The van der Waals surface area contributed by atoms with Crippen molar-refractivity contribution in [2.24, 2.45) is 17.6 Å². The fourth-order valence-corrected chi connectivity index (χ4v) is 1.34. The van der Waals surface area contributed by atoms with E-state index < -0.39 is 0 Å². The Hall–Kier alpha value is -0.0800. The predicted molar refractivity (Wildman–Crippen MR) is 48.3 cm³/mol. The van der Waals surface area contributed by atoms with Crippen LogP contribution in [0.5, 0.6) is 0 Å². The Morgan fingerprint density at radius 1 is 1.18 bits per heavy atom. The number of aliphatic hydroxyl groups is 1. The quantitative estimate of drug-likeness (QED) is 0.615. The fraction of sp³-hybridized carbons (Fsp3) is 1.00. The molecule has 11 heavy (non-hydrogen) atoms. The normalized spacial score (nSPS) is 13.9. The van der Waals surface area contributed by atoms with E-state index >= 15 is 0 Å².